The largest absolute Gasteiger partial charge is 0.416 e. The van der Waals surface area contributed by atoms with Crippen molar-refractivity contribution < 1.29 is 13.2 Å². The quantitative estimate of drug-likeness (QED) is 0.743. The summed E-state index contributed by atoms with van der Waals surface area (Å²) in [5.41, 5.74) is 1.58. The van der Waals surface area contributed by atoms with Crippen LogP contribution in [0.4, 0.5) is 13.2 Å². The molecular weight excluding hydrogens is 287 g/mol. The summed E-state index contributed by atoms with van der Waals surface area (Å²) in [4.78, 5) is 2.23. The molecule has 0 atom stereocenters. The number of rotatable bonds is 6. The van der Waals surface area contributed by atoms with Gasteiger partial charge in [0.05, 0.1) is 5.56 Å². The first-order chi connectivity index (χ1) is 10.5. The van der Waals surface area contributed by atoms with Crippen molar-refractivity contribution in [2.75, 3.05) is 13.1 Å². The minimum atomic E-state index is -4.27. The van der Waals surface area contributed by atoms with Gasteiger partial charge in [0.25, 0.3) is 0 Å². The van der Waals surface area contributed by atoms with Crippen LogP contribution in [-0.4, -0.2) is 18.0 Å². The molecule has 4 heteroatoms. The molecule has 0 aliphatic carbocycles. The van der Waals surface area contributed by atoms with Crippen molar-refractivity contribution in [1.29, 1.82) is 0 Å². The highest BCUT2D eigenvalue weighted by Crippen LogP contribution is 2.29. The molecule has 22 heavy (non-hydrogen) atoms. The number of hydrogen-bond donors (Lipinski definition) is 0. The summed E-state index contributed by atoms with van der Waals surface area (Å²) in [6, 6.07) is 15.6. The molecule has 2 rings (SSSR count). The zero-order chi connectivity index (χ0) is 16.0. The summed E-state index contributed by atoms with van der Waals surface area (Å²) in [5.74, 6) is 0. The van der Waals surface area contributed by atoms with Gasteiger partial charge in [-0.15, -0.1) is 0 Å². The monoisotopic (exact) mass is 307 g/mol. The fourth-order valence-corrected chi connectivity index (χ4v) is 2.34. The van der Waals surface area contributed by atoms with Gasteiger partial charge in [0, 0.05) is 13.1 Å². The predicted molar refractivity (Wildman–Crippen MR) is 82.5 cm³/mol. The third kappa shape index (κ3) is 4.88. The molecule has 0 spiro atoms. The van der Waals surface area contributed by atoms with E-state index in [-0.39, 0.29) is 0 Å². The first-order valence-corrected chi connectivity index (χ1v) is 7.41. The van der Waals surface area contributed by atoms with Gasteiger partial charge in [-0.1, -0.05) is 49.4 Å². The molecule has 1 nitrogen and oxygen atoms in total. The number of likely N-dealkylation sites (N-methyl/N-ethyl adjacent to an activating group) is 1. The Kier molecular flexibility index (Phi) is 5.61. The molecule has 0 fully saturated rings. The lowest BCUT2D eigenvalue weighted by molar-refractivity contribution is -0.137. The molecule has 0 saturated carbocycles. The Morgan fingerprint density at radius 3 is 2.05 bits per heavy atom. The second-order valence-corrected chi connectivity index (χ2v) is 5.30. The highest BCUT2D eigenvalue weighted by molar-refractivity contribution is 5.24. The van der Waals surface area contributed by atoms with E-state index in [1.54, 1.807) is 12.1 Å². The standard InChI is InChI=1S/C18H20F3N/c1-2-22(13-12-15-6-4-3-5-7-15)14-16-8-10-17(11-9-16)18(19,20)21/h3-11H,2,12-14H2,1H3. The summed E-state index contributed by atoms with van der Waals surface area (Å²) < 4.78 is 37.6. The van der Waals surface area contributed by atoms with Crippen LogP contribution < -0.4 is 0 Å². The second kappa shape index (κ2) is 7.45. The highest BCUT2D eigenvalue weighted by Gasteiger charge is 2.29. The number of hydrogen-bond acceptors (Lipinski definition) is 1. The molecule has 2 aromatic carbocycles. The maximum absolute atomic E-state index is 12.5. The Balaban J connectivity index is 1.92. The van der Waals surface area contributed by atoms with Gasteiger partial charge in [-0.25, -0.2) is 0 Å². The van der Waals surface area contributed by atoms with E-state index in [4.69, 9.17) is 0 Å². The minimum Gasteiger partial charge on any atom is -0.299 e. The van der Waals surface area contributed by atoms with E-state index in [1.807, 2.05) is 18.2 Å². The van der Waals surface area contributed by atoms with Gasteiger partial charge in [-0.05, 0) is 36.2 Å². The van der Waals surface area contributed by atoms with E-state index in [9.17, 15) is 13.2 Å². The van der Waals surface area contributed by atoms with Crippen molar-refractivity contribution >= 4 is 0 Å². The molecule has 0 aliphatic rings. The SMILES string of the molecule is CCN(CCc1ccccc1)Cc1ccc(C(F)(F)F)cc1. The lowest BCUT2D eigenvalue weighted by Gasteiger charge is -2.20. The molecule has 118 valence electrons. The fourth-order valence-electron chi connectivity index (χ4n) is 2.34. The lowest BCUT2D eigenvalue weighted by Crippen LogP contribution is -2.25. The molecule has 0 saturated heterocycles. The van der Waals surface area contributed by atoms with Crippen LogP contribution in [0.25, 0.3) is 0 Å². The molecule has 0 aromatic heterocycles. The summed E-state index contributed by atoms with van der Waals surface area (Å²) >= 11 is 0. The molecule has 0 N–H and O–H groups in total. The summed E-state index contributed by atoms with van der Waals surface area (Å²) in [5, 5.41) is 0. The van der Waals surface area contributed by atoms with Crippen LogP contribution in [0.3, 0.4) is 0 Å². The van der Waals surface area contributed by atoms with Crippen molar-refractivity contribution in [2.24, 2.45) is 0 Å². The molecule has 0 amide bonds. The van der Waals surface area contributed by atoms with Crippen LogP contribution in [0.2, 0.25) is 0 Å². The van der Waals surface area contributed by atoms with Gasteiger partial charge in [-0.3, -0.25) is 4.90 Å². The Morgan fingerprint density at radius 1 is 0.864 bits per heavy atom. The van der Waals surface area contributed by atoms with Crippen LogP contribution in [0.5, 0.6) is 0 Å². The zero-order valence-corrected chi connectivity index (χ0v) is 12.6. The first kappa shape index (κ1) is 16.6. The average Bonchev–Trinajstić information content (AvgIpc) is 2.52. The molecule has 0 bridgehead atoms. The van der Waals surface area contributed by atoms with E-state index in [1.165, 1.54) is 5.56 Å². The normalized spacial score (nSPS) is 11.9. The zero-order valence-electron chi connectivity index (χ0n) is 12.6. The Labute approximate surface area is 129 Å². The Bertz CT molecular complexity index is 561. The number of alkyl halides is 3. The smallest absolute Gasteiger partial charge is 0.299 e. The third-order valence-electron chi connectivity index (χ3n) is 3.69. The van der Waals surface area contributed by atoms with Gasteiger partial charge in [0.1, 0.15) is 0 Å². The Morgan fingerprint density at radius 2 is 1.50 bits per heavy atom. The van der Waals surface area contributed by atoms with Gasteiger partial charge >= 0.3 is 6.18 Å². The minimum absolute atomic E-state index is 0.594. The maximum atomic E-state index is 12.5. The number of nitrogens with zero attached hydrogens (tertiary/aromatic N) is 1. The van der Waals surface area contributed by atoms with Gasteiger partial charge in [-0.2, -0.15) is 13.2 Å². The van der Waals surface area contributed by atoms with Gasteiger partial charge in [0.15, 0.2) is 0 Å². The van der Waals surface area contributed by atoms with Crippen molar-refractivity contribution in [3.8, 4) is 0 Å². The topological polar surface area (TPSA) is 3.24 Å². The molecule has 0 heterocycles. The van der Waals surface area contributed by atoms with E-state index < -0.39 is 11.7 Å². The average molecular weight is 307 g/mol. The van der Waals surface area contributed by atoms with E-state index in [2.05, 4.69) is 24.0 Å². The summed E-state index contributed by atoms with van der Waals surface area (Å²) in [6.07, 6.45) is -3.33. The van der Waals surface area contributed by atoms with E-state index in [0.717, 1.165) is 37.2 Å². The van der Waals surface area contributed by atoms with E-state index in [0.29, 0.717) is 6.54 Å². The van der Waals surface area contributed by atoms with Crippen molar-refractivity contribution in [3.05, 3.63) is 71.3 Å². The highest BCUT2D eigenvalue weighted by atomic mass is 19.4. The van der Waals surface area contributed by atoms with E-state index >= 15 is 0 Å². The molecular formula is C18H20F3N. The number of benzene rings is 2. The Hall–Kier alpha value is -1.81. The van der Waals surface area contributed by atoms with Crippen LogP contribution in [-0.2, 0) is 19.1 Å². The van der Waals surface area contributed by atoms with Crippen LogP contribution in [0.1, 0.15) is 23.6 Å². The second-order valence-electron chi connectivity index (χ2n) is 5.30. The van der Waals surface area contributed by atoms with Crippen molar-refractivity contribution in [2.45, 2.75) is 26.1 Å². The maximum Gasteiger partial charge on any atom is 0.416 e. The molecule has 0 radical (unpaired) electrons. The molecule has 0 aliphatic heterocycles. The lowest BCUT2D eigenvalue weighted by atomic mass is 10.1. The van der Waals surface area contributed by atoms with Gasteiger partial charge < -0.3 is 0 Å². The summed E-state index contributed by atoms with van der Waals surface area (Å²) in [7, 11) is 0. The molecule has 0 unspecified atom stereocenters. The van der Waals surface area contributed by atoms with Crippen LogP contribution >= 0.6 is 0 Å². The van der Waals surface area contributed by atoms with Crippen molar-refractivity contribution in [1.82, 2.24) is 4.90 Å². The van der Waals surface area contributed by atoms with Crippen molar-refractivity contribution in [3.63, 3.8) is 0 Å². The van der Waals surface area contributed by atoms with Crippen LogP contribution in [0, 0.1) is 0 Å². The molecule has 2 aromatic rings. The summed E-state index contributed by atoms with van der Waals surface area (Å²) in [6.45, 7) is 4.49. The number of halogens is 3. The van der Waals surface area contributed by atoms with Crippen LogP contribution in [0.15, 0.2) is 54.6 Å². The predicted octanol–water partition coefficient (Wildman–Crippen LogP) is 4.77. The first-order valence-electron chi connectivity index (χ1n) is 7.41. The fraction of sp³-hybridized carbons (Fsp3) is 0.333. The van der Waals surface area contributed by atoms with Gasteiger partial charge in [0.2, 0.25) is 0 Å². The third-order valence-corrected chi connectivity index (χ3v) is 3.69.